The van der Waals surface area contributed by atoms with Gasteiger partial charge in [0.1, 0.15) is 17.3 Å². The van der Waals surface area contributed by atoms with Gasteiger partial charge in [0.25, 0.3) is 0 Å². The fraction of sp³-hybridized carbons (Fsp3) is 0.250. The fourth-order valence-corrected chi connectivity index (χ4v) is 6.89. The van der Waals surface area contributed by atoms with Crippen LogP contribution in [0.5, 0.6) is 11.5 Å². The number of nitriles is 1. The molecule has 0 saturated heterocycles. The number of aromatic nitrogens is 2. The number of carbonyl (C=O) groups excluding carboxylic acids is 2. The van der Waals surface area contributed by atoms with Crippen LogP contribution in [0.4, 0.5) is 10.8 Å². The maximum absolute atomic E-state index is 13.3. The molecule has 1 atom stereocenters. The van der Waals surface area contributed by atoms with Crippen LogP contribution in [0.25, 0.3) is 0 Å². The first kappa shape index (κ1) is 29.7. The number of thioether (sulfide) groups is 1. The van der Waals surface area contributed by atoms with Crippen molar-refractivity contribution < 1.29 is 19.1 Å². The largest absolute Gasteiger partial charge is 0.497 e. The second kappa shape index (κ2) is 12.6. The Kier molecular flexibility index (Phi) is 8.93. The fourth-order valence-electron chi connectivity index (χ4n) is 4.91. The molecule has 1 aliphatic carbocycles. The third-order valence-corrected chi connectivity index (χ3v) is 9.57. The highest BCUT2D eigenvalue weighted by atomic mass is 35.5. The highest BCUT2D eigenvalue weighted by Crippen LogP contribution is 2.47. The number of nitrogens with one attached hydrogen (secondary N) is 1. The summed E-state index contributed by atoms with van der Waals surface area (Å²) >= 11 is 14.8. The highest BCUT2D eigenvalue weighted by molar-refractivity contribution is 8.01. The average molecular weight is 644 g/mol. The summed E-state index contributed by atoms with van der Waals surface area (Å²) in [4.78, 5) is 27.7. The predicted octanol–water partition coefficient (Wildman–Crippen LogP) is 5.90. The quantitative estimate of drug-likeness (QED) is 0.285. The Morgan fingerprint density at radius 2 is 2.00 bits per heavy atom. The summed E-state index contributed by atoms with van der Waals surface area (Å²) in [6.45, 7) is 0. The lowest BCUT2D eigenvalue weighted by Gasteiger charge is -2.38. The lowest BCUT2D eigenvalue weighted by Crippen LogP contribution is -2.38. The number of nitrogens with zero attached hydrogens (tertiary/aromatic N) is 4. The van der Waals surface area contributed by atoms with E-state index in [0.717, 1.165) is 0 Å². The highest BCUT2D eigenvalue weighted by Gasteiger charge is 2.41. The van der Waals surface area contributed by atoms with Crippen molar-refractivity contribution in [3.63, 3.8) is 0 Å². The SMILES string of the molecule is COc1ccc(OC)c(NC(=O)CSc2nnc(N3C(N)=C(C#N)C(c4ccc(Cl)c(Cl)c4)C4=C3CCCC4=O)s2)c1. The lowest BCUT2D eigenvalue weighted by molar-refractivity contribution is -0.116. The van der Waals surface area contributed by atoms with E-state index in [1.165, 1.54) is 37.3 Å². The molecule has 14 heteroatoms. The summed E-state index contributed by atoms with van der Waals surface area (Å²) in [5, 5.41) is 22.6. The number of ketones is 1. The monoisotopic (exact) mass is 642 g/mol. The number of hydrogen-bond donors (Lipinski definition) is 2. The number of allylic oxidation sites excluding steroid dienone is 3. The van der Waals surface area contributed by atoms with Gasteiger partial charge in [-0.15, -0.1) is 10.2 Å². The van der Waals surface area contributed by atoms with Crippen LogP contribution in [0.3, 0.4) is 0 Å². The zero-order chi connectivity index (χ0) is 30.0. The summed E-state index contributed by atoms with van der Waals surface area (Å²) in [5.41, 5.74) is 9.11. The molecule has 0 radical (unpaired) electrons. The number of halogens is 2. The molecule has 10 nitrogen and oxygen atoms in total. The van der Waals surface area contributed by atoms with Crippen molar-refractivity contribution in [1.29, 1.82) is 5.26 Å². The van der Waals surface area contributed by atoms with E-state index in [1.807, 2.05) is 0 Å². The second-order valence-electron chi connectivity index (χ2n) is 9.24. The molecule has 0 bridgehead atoms. The molecule has 0 spiro atoms. The Bertz CT molecular complexity index is 1680. The van der Waals surface area contributed by atoms with Crippen LogP contribution < -0.4 is 25.4 Å². The Hall–Kier alpha value is -3.76. The second-order valence-corrected chi connectivity index (χ2v) is 12.2. The smallest absolute Gasteiger partial charge is 0.234 e. The van der Waals surface area contributed by atoms with Gasteiger partial charge in [0.2, 0.25) is 11.0 Å². The van der Waals surface area contributed by atoms with Gasteiger partial charge in [-0.05, 0) is 42.7 Å². The first-order chi connectivity index (χ1) is 20.2. The number of rotatable bonds is 8. The number of anilines is 2. The Morgan fingerprint density at radius 1 is 1.19 bits per heavy atom. The topological polar surface area (TPSA) is 143 Å². The van der Waals surface area contributed by atoms with Crippen molar-refractivity contribution in [2.75, 3.05) is 30.2 Å². The number of ether oxygens (including phenoxy) is 2. The van der Waals surface area contributed by atoms with E-state index in [1.54, 1.807) is 41.3 Å². The molecule has 1 aliphatic heterocycles. The third-order valence-electron chi connectivity index (χ3n) is 6.78. The summed E-state index contributed by atoms with van der Waals surface area (Å²) in [6.07, 6.45) is 1.55. The van der Waals surface area contributed by atoms with Gasteiger partial charge in [-0.2, -0.15) is 5.26 Å². The molecule has 2 aromatic carbocycles. The van der Waals surface area contributed by atoms with Crippen molar-refractivity contribution in [3.05, 3.63) is 74.7 Å². The van der Waals surface area contributed by atoms with E-state index in [0.29, 0.717) is 72.8 Å². The molecule has 0 fully saturated rings. The number of methoxy groups -OCH3 is 2. The van der Waals surface area contributed by atoms with E-state index in [4.69, 9.17) is 38.4 Å². The molecular formula is C28H24Cl2N6O4S2. The van der Waals surface area contributed by atoms with Crippen LogP contribution in [0, 0.1) is 11.3 Å². The van der Waals surface area contributed by atoms with Crippen molar-refractivity contribution in [1.82, 2.24) is 10.2 Å². The summed E-state index contributed by atoms with van der Waals surface area (Å²) in [6, 6.07) is 12.4. The average Bonchev–Trinajstić information content (AvgIpc) is 3.45. The Morgan fingerprint density at radius 3 is 2.71 bits per heavy atom. The van der Waals surface area contributed by atoms with E-state index >= 15 is 0 Å². The molecule has 1 unspecified atom stereocenters. The number of nitrogens with two attached hydrogens (primary N) is 1. The van der Waals surface area contributed by atoms with E-state index < -0.39 is 5.92 Å². The standard InChI is InChI=1S/C28H24Cl2N6O4S2/c1-39-15-7-9-22(40-2)19(11-15)33-23(38)13-41-28-35-34-27(42-28)36-20-4-3-5-21(37)25(20)24(16(12-31)26(36)32)14-6-8-17(29)18(30)10-14/h6-11,24H,3-5,13,32H2,1-2H3,(H,33,38). The predicted molar refractivity (Wildman–Crippen MR) is 163 cm³/mol. The first-order valence-corrected chi connectivity index (χ1v) is 15.2. The van der Waals surface area contributed by atoms with Gasteiger partial charge >= 0.3 is 0 Å². The Balaban J connectivity index is 1.41. The molecule has 3 N–H and O–H groups in total. The molecule has 42 heavy (non-hydrogen) atoms. The lowest BCUT2D eigenvalue weighted by atomic mass is 9.76. The number of carbonyl (C=O) groups is 2. The normalized spacial score (nSPS) is 16.7. The molecule has 2 heterocycles. The van der Waals surface area contributed by atoms with Crippen molar-refractivity contribution in [2.24, 2.45) is 5.73 Å². The molecule has 0 saturated carbocycles. The molecule has 1 aromatic heterocycles. The number of benzene rings is 2. The van der Waals surface area contributed by atoms with Crippen LogP contribution >= 0.6 is 46.3 Å². The summed E-state index contributed by atoms with van der Waals surface area (Å²) < 4.78 is 11.1. The summed E-state index contributed by atoms with van der Waals surface area (Å²) in [5.74, 6) is 0.267. The first-order valence-electron chi connectivity index (χ1n) is 12.6. The zero-order valence-corrected chi connectivity index (χ0v) is 25.6. The van der Waals surface area contributed by atoms with Crippen LogP contribution in [-0.4, -0.2) is 41.9 Å². The van der Waals surface area contributed by atoms with E-state index in [-0.39, 0.29) is 28.8 Å². The molecule has 216 valence electrons. The van der Waals surface area contributed by atoms with Gasteiger partial charge in [0.05, 0.1) is 53.3 Å². The van der Waals surface area contributed by atoms with Gasteiger partial charge in [-0.3, -0.25) is 14.5 Å². The molecule has 3 aromatic rings. The molecule has 5 rings (SSSR count). The summed E-state index contributed by atoms with van der Waals surface area (Å²) in [7, 11) is 3.05. The van der Waals surface area contributed by atoms with Gasteiger partial charge in [-0.25, -0.2) is 0 Å². The minimum absolute atomic E-state index is 0.0512. The van der Waals surface area contributed by atoms with Crippen molar-refractivity contribution in [3.8, 4) is 17.6 Å². The Labute approximate surface area is 260 Å². The number of amides is 1. The van der Waals surface area contributed by atoms with Gasteiger partial charge in [-0.1, -0.05) is 52.4 Å². The minimum Gasteiger partial charge on any atom is -0.497 e. The number of hydrogen-bond acceptors (Lipinski definition) is 11. The van der Waals surface area contributed by atoms with E-state index in [2.05, 4.69) is 21.6 Å². The van der Waals surface area contributed by atoms with Gasteiger partial charge < -0.3 is 20.5 Å². The maximum atomic E-state index is 13.3. The zero-order valence-electron chi connectivity index (χ0n) is 22.4. The molecule has 1 amide bonds. The van der Waals surface area contributed by atoms with Crippen LogP contribution in [0.15, 0.2) is 63.4 Å². The molecule has 2 aliphatic rings. The molecular weight excluding hydrogens is 619 g/mol. The van der Waals surface area contributed by atoms with Gasteiger partial charge in [0.15, 0.2) is 10.1 Å². The van der Waals surface area contributed by atoms with Gasteiger partial charge in [0, 0.05) is 23.8 Å². The van der Waals surface area contributed by atoms with E-state index in [9.17, 15) is 14.9 Å². The van der Waals surface area contributed by atoms with Crippen LogP contribution in [0.2, 0.25) is 10.0 Å². The third kappa shape index (κ3) is 5.78. The number of Topliss-reactive ketones (excluding diaryl/α,β-unsaturated/α-hetero) is 1. The minimum atomic E-state index is -0.678. The van der Waals surface area contributed by atoms with Crippen molar-refractivity contribution in [2.45, 2.75) is 29.5 Å². The van der Waals surface area contributed by atoms with Crippen LogP contribution in [-0.2, 0) is 9.59 Å². The van der Waals surface area contributed by atoms with Crippen LogP contribution in [0.1, 0.15) is 30.7 Å². The van der Waals surface area contributed by atoms with Crippen molar-refractivity contribution >= 4 is 68.8 Å². The maximum Gasteiger partial charge on any atom is 0.234 e.